The summed E-state index contributed by atoms with van der Waals surface area (Å²) < 4.78 is 27.7. The maximum absolute atomic E-state index is 12.7. The Bertz CT molecular complexity index is 641. The molecule has 2 saturated heterocycles. The maximum Gasteiger partial charge on any atom is 0.252 e. The average molecular weight is 400 g/mol. The van der Waals surface area contributed by atoms with E-state index >= 15 is 0 Å². The van der Waals surface area contributed by atoms with Crippen molar-refractivity contribution in [3.8, 4) is 0 Å². The molecule has 2 atom stereocenters. The highest BCUT2D eigenvalue weighted by atomic mass is 79.9. The topological polar surface area (TPSA) is 66.5 Å². The van der Waals surface area contributed by atoms with Gasteiger partial charge in [-0.05, 0) is 34.8 Å². The number of piperidine rings is 1. The number of halogens is 2. The molecule has 1 amide bonds. The van der Waals surface area contributed by atoms with E-state index in [1.807, 2.05) is 0 Å². The average Bonchev–Trinajstić information content (AvgIpc) is 2.95. The third-order valence-electron chi connectivity index (χ3n) is 3.74. The molecule has 0 bridgehead atoms. The van der Waals surface area contributed by atoms with E-state index in [2.05, 4.69) is 21.2 Å². The van der Waals surface area contributed by atoms with Gasteiger partial charge in [0, 0.05) is 13.1 Å². The van der Waals surface area contributed by atoms with Crippen molar-refractivity contribution in [2.45, 2.75) is 23.1 Å². The van der Waals surface area contributed by atoms with Crippen LogP contribution in [0.1, 0.15) is 12.8 Å². The zero-order valence-electron chi connectivity index (χ0n) is 10.3. The largest absolute Gasteiger partial charge is 0.354 e. The predicted octanol–water partition coefficient (Wildman–Crippen LogP) is 2.06. The molecule has 2 unspecified atom stereocenters. The van der Waals surface area contributed by atoms with Crippen molar-refractivity contribution in [3.63, 3.8) is 0 Å². The molecule has 1 aromatic rings. The molecule has 0 radical (unpaired) electrons. The summed E-state index contributed by atoms with van der Waals surface area (Å²) in [6, 6.07) is 1.18. The number of rotatable bonds is 2. The standard InChI is InChI=1S/C11H12BrClN2O3S2/c12-10-7(13)4-9(19-10)20(17,18)15-3-1-2-6-8(15)5-14-11(6)16/h4,6,8H,1-3,5H2,(H,14,16). The third-order valence-corrected chi connectivity index (χ3v) is 8.58. The Hall–Kier alpha value is -0.150. The Balaban J connectivity index is 1.96. The van der Waals surface area contributed by atoms with Gasteiger partial charge in [0.15, 0.2) is 0 Å². The van der Waals surface area contributed by atoms with Gasteiger partial charge in [0.1, 0.15) is 4.21 Å². The fraction of sp³-hybridized carbons (Fsp3) is 0.545. The molecule has 9 heteroatoms. The van der Waals surface area contributed by atoms with E-state index in [4.69, 9.17) is 11.6 Å². The van der Waals surface area contributed by atoms with Gasteiger partial charge in [0.2, 0.25) is 5.91 Å². The van der Waals surface area contributed by atoms with E-state index in [0.717, 1.165) is 17.8 Å². The lowest BCUT2D eigenvalue weighted by atomic mass is 9.93. The van der Waals surface area contributed by atoms with Gasteiger partial charge < -0.3 is 5.32 Å². The molecule has 5 nitrogen and oxygen atoms in total. The van der Waals surface area contributed by atoms with Crippen LogP contribution in [-0.4, -0.2) is 37.8 Å². The Morgan fingerprint density at radius 2 is 2.25 bits per heavy atom. The maximum atomic E-state index is 12.7. The van der Waals surface area contributed by atoms with Gasteiger partial charge in [-0.3, -0.25) is 4.79 Å². The summed E-state index contributed by atoms with van der Waals surface area (Å²) >= 11 is 10.3. The molecule has 0 aromatic carbocycles. The monoisotopic (exact) mass is 398 g/mol. The molecule has 2 aliphatic heterocycles. The molecule has 3 rings (SSSR count). The first-order valence-electron chi connectivity index (χ1n) is 6.15. The number of fused-ring (bicyclic) bond motifs is 1. The second-order valence-corrected chi connectivity index (χ2v) is 9.76. The van der Waals surface area contributed by atoms with Crippen molar-refractivity contribution in [3.05, 3.63) is 14.9 Å². The van der Waals surface area contributed by atoms with E-state index < -0.39 is 10.0 Å². The van der Waals surface area contributed by atoms with Gasteiger partial charge in [-0.15, -0.1) is 11.3 Å². The van der Waals surface area contributed by atoms with Gasteiger partial charge in [0.25, 0.3) is 10.0 Å². The second kappa shape index (κ2) is 5.24. The van der Waals surface area contributed by atoms with Gasteiger partial charge in [-0.25, -0.2) is 8.42 Å². The summed E-state index contributed by atoms with van der Waals surface area (Å²) in [5, 5.41) is 3.15. The minimum absolute atomic E-state index is 0.0414. The van der Waals surface area contributed by atoms with Gasteiger partial charge in [-0.1, -0.05) is 11.6 Å². The zero-order chi connectivity index (χ0) is 14.5. The first kappa shape index (κ1) is 14.8. The summed E-state index contributed by atoms with van der Waals surface area (Å²) in [7, 11) is -3.60. The van der Waals surface area contributed by atoms with Crippen molar-refractivity contribution in [2.24, 2.45) is 5.92 Å². The normalized spacial score (nSPS) is 27.4. The van der Waals surface area contributed by atoms with Crippen LogP contribution in [0.5, 0.6) is 0 Å². The van der Waals surface area contributed by atoms with Crippen LogP contribution in [0.25, 0.3) is 0 Å². The van der Waals surface area contributed by atoms with Crippen LogP contribution in [0.3, 0.4) is 0 Å². The fourth-order valence-corrected chi connectivity index (χ4v) is 7.01. The van der Waals surface area contributed by atoms with Crippen molar-refractivity contribution in [1.82, 2.24) is 9.62 Å². The van der Waals surface area contributed by atoms with Crippen LogP contribution in [0.2, 0.25) is 5.02 Å². The van der Waals surface area contributed by atoms with Crippen molar-refractivity contribution < 1.29 is 13.2 Å². The fourth-order valence-electron chi connectivity index (χ4n) is 2.78. The van der Waals surface area contributed by atoms with E-state index in [9.17, 15) is 13.2 Å². The summed E-state index contributed by atoms with van der Waals surface area (Å²) in [6.45, 7) is 0.842. The van der Waals surface area contributed by atoms with Crippen molar-refractivity contribution in [2.75, 3.05) is 13.1 Å². The van der Waals surface area contributed by atoms with E-state index in [1.54, 1.807) is 0 Å². The smallest absolute Gasteiger partial charge is 0.252 e. The summed E-state index contributed by atoms with van der Waals surface area (Å²) in [6.07, 6.45) is 1.45. The van der Waals surface area contributed by atoms with Crippen LogP contribution in [-0.2, 0) is 14.8 Å². The third kappa shape index (κ3) is 2.31. The van der Waals surface area contributed by atoms with Crippen LogP contribution in [0.15, 0.2) is 14.1 Å². The molecule has 110 valence electrons. The van der Waals surface area contributed by atoms with Crippen LogP contribution >= 0.6 is 38.9 Å². The molecule has 0 spiro atoms. The predicted molar refractivity (Wildman–Crippen MR) is 80.4 cm³/mol. The Morgan fingerprint density at radius 1 is 1.50 bits per heavy atom. The molecule has 0 aliphatic carbocycles. The number of thiophene rings is 1. The van der Waals surface area contributed by atoms with Crippen LogP contribution in [0, 0.1) is 5.92 Å². The SMILES string of the molecule is O=C1NCC2C1CCCN2S(=O)(=O)c1cc(Cl)c(Br)s1. The first-order valence-corrected chi connectivity index (χ1v) is 9.58. The van der Waals surface area contributed by atoms with Gasteiger partial charge >= 0.3 is 0 Å². The lowest BCUT2D eigenvalue weighted by Crippen LogP contribution is -2.48. The molecular formula is C11H12BrClN2O3S2. The summed E-state index contributed by atoms with van der Waals surface area (Å²) in [5.74, 6) is -0.266. The number of amides is 1. The molecule has 2 aliphatic rings. The van der Waals surface area contributed by atoms with Gasteiger partial charge in [0.05, 0.1) is 20.8 Å². The molecule has 1 N–H and O–H groups in total. The molecular weight excluding hydrogens is 388 g/mol. The number of hydrogen-bond donors (Lipinski definition) is 1. The Morgan fingerprint density at radius 3 is 2.90 bits per heavy atom. The van der Waals surface area contributed by atoms with Crippen molar-refractivity contribution in [1.29, 1.82) is 0 Å². The number of nitrogens with zero attached hydrogens (tertiary/aromatic N) is 1. The first-order chi connectivity index (χ1) is 9.41. The van der Waals surface area contributed by atoms with E-state index in [0.29, 0.717) is 28.3 Å². The van der Waals surface area contributed by atoms with E-state index in [1.165, 1.54) is 10.4 Å². The molecule has 20 heavy (non-hydrogen) atoms. The molecule has 1 aromatic heterocycles. The zero-order valence-corrected chi connectivity index (χ0v) is 14.3. The Kier molecular flexibility index (Phi) is 3.87. The lowest BCUT2D eigenvalue weighted by molar-refractivity contribution is -0.123. The number of nitrogens with one attached hydrogen (secondary N) is 1. The van der Waals surface area contributed by atoms with Gasteiger partial charge in [-0.2, -0.15) is 4.31 Å². The highest BCUT2D eigenvalue weighted by Crippen LogP contribution is 2.38. The van der Waals surface area contributed by atoms with Crippen LogP contribution < -0.4 is 5.32 Å². The summed E-state index contributed by atoms with van der Waals surface area (Å²) in [4.78, 5) is 11.7. The highest BCUT2D eigenvalue weighted by Gasteiger charge is 2.46. The number of hydrogen-bond acceptors (Lipinski definition) is 4. The summed E-state index contributed by atoms with van der Waals surface area (Å²) in [5.41, 5.74) is 0. The minimum atomic E-state index is -3.60. The highest BCUT2D eigenvalue weighted by molar-refractivity contribution is 9.11. The Labute approximate surface area is 134 Å². The van der Waals surface area contributed by atoms with Crippen molar-refractivity contribution >= 4 is 54.8 Å². The minimum Gasteiger partial charge on any atom is -0.354 e. The molecule has 2 fully saturated rings. The quantitative estimate of drug-likeness (QED) is 0.828. The molecule has 0 saturated carbocycles. The number of sulfonamides is 1. The molecule has 3 heterocycles. The van der Waals surface area contributed by atoms with E-state index in [-0.39, 0.29) is 22.1 Å². The second-order valence-electron chi connectivity index (χ2n) is 4.86. The van der Waals surface area contributed by atoms with Crippen LogP contribution in [0.4, 0.5) is 0 Å². The lowest BCUT2D eigenvalue weighted by Gasteiger charge is -2.34. The number of carbonyl (C=O) groups excluding carboxylic acids is 1. The number of carbonyl (C=O) groups is 1.